The van der Waals surface area contributed by atoms with Crippen LogP contribution in [0.25, 0.3) is 0 Å². The minimum absolute atomic E-state index is 0.146. The van der Waals surface area contributed by atoms with Gasteiger partial charge >= 0.3 is 0 Å². The van der Waals surface area contributed by atoms with Crippen molar-refractivity contribution in [1.82, 2.24) is 5.32 Å². The molecule has 0 heterocycles. The number of nitrogens with two attached hydrogens (primary N) is 1. The summed E-state index contributed by atoms with van der Waals surface area (Å²) in [6.45, 7) is 11.3. The van der Waals surface area contributed by atoms with E-state index in [-0.39, 0.29) is 16.9 Å². The van der Waals surface area contributed by atoms with E-state index in [2.05, 4.69) is 39.9 Å². The second kappa shape index (κ2) is 4.97. The molecule has 1 aliphatic rings. The molecule has 100 valence electrons. The molecule has 0 aliphatic heterocycles. The summed E-state index contributed by atoms with van der Waals surface area (Å²) in [5.41, 5.74) is 5.79. The maximum atomic E-state index is 12.0. The summed E-state index contributed by atoms with van der Waals surface area (Å²) in [4.78, 5) is 12.0. The largest absolute Gasteiger partial charge is 0.349 e. The molecule has 0 aromatic carbocycles. The second-order valence-electron chi connectivity index (χ2n) is 6.92. The Hall–Kier alpha value is -0.570. The van der Waals surface area contributed by atoms with E-state index in [1.165, 1.54) is 12.8 Å². The van der Waals surface area contributed by atoms with Crippen LogP contribution in [0, 0.1) is 17.3 Å². The Kier molecular flexibility index (Phi) is 4.23. The van der Waals surface area contributed by atoms with Crippen LogP contribution in [0.1, 0.15) is 53.9 Å². The summed E-state index contributed by atoms with van der Waals surface area (Å²) in [7, 11) is 0. The summed E-state index contributed by atoms with van der Waals surface area (Å²) in [5, 5.41) is 3.14. The first-order chi connectivity index (χ1) is 7.69. The van der Waals surface area contributed by atoms with Gasteiger partial charge in [0.25, 0.3) is 0 Å². The molecule has 0 saturated heterocycles. The van der Waals surface area contributed by atoms with E-state index in [1.54, 1.807) is 0 Å². The number of carbonyl (C=O) groups is 1. The van der Waals surface area contributed by atoms with E-state index in [0.717, 1.165) is 0 Å². The fraction of sp³-hybridized carbons (Fsp3) is 0.929. The first-order valence-electron chi connectivity index (χ1n) is 6.70. The molecule has 1 amide bonds. The highest BCUT2D eigenvalue weighted by Gasteiger charge is 2.41. The smallest absolute Gasteiger partial charge is 0.220 e. The first kappa shape index (κ1) is 14.5. The number of hydrogen-bond acceptors (Lipinski definition) is 2. The van der Waals surface area contributed by atoms with Gasteiger partial charge in [-0.25, -0.2) is 0 Å². The van der Waals surface area contributed by atoms with Gasteiger partial charge in [0.15, 0.2) is 0 Å². The fourth-order valence-electron chi connectivity index (χ4n) is 1.99. The van der Waals surface area contributed by atoms with Crippen molar-refractivity contribution < 1.29 is 4.79 Å². The molecule has 0 radical (unpaired) electrons. The average molecular weight is 240 g/mol. The van der Waals surface area contributed by atoms with Crippen LogP contribution in [0.2, 0.25) is 0 Å². The van der Waals surface area contributed by atoms with Crippen molar-refractivity contribution in [2.75, 3.05) is 6.54 Å². The van der Waals surface area contributed by atoms with Gasteiger partial charge in [-0.2, -0.15) is 0 Å². The fourth-order valence-corrected chi connectivity index (χ4v) is 1.99. The Balaban J connectivity index is 2.48. The molecule has 3 N–H and O–H groups in total. The van der Waals surface area contributed by atoms with E-state index in [0.29, 0.717) is 24.8 Å². The number of amides is 1. The minimum atomic E-state index is -0.186. The lowest BCUT2D eigenvalue weighted by molar-refractivity contribution is -0.124. The third-order valence-electron chi connectivity index (χ3n) is 4.30. The van der Waals surface area contributed by atoms with Gasteiger partial charge in [0.2, 0.25) is 5.91 Å². The molecule has 1 saturated carbocycles. The van der Waals surface area contributed by atoms with Gasteiger partial charge in [-0.15, -0.1) is 0 Å². The lowest BCUT2D eigenvalue weighted by Crippen LogP contribution is -2.53. The average Bonchev–Trinajstić information content (AvgIpc) is 2.98. The summed E-state index contributed by atoms with van der Waals surface area (Å²) in [5.74, 6) is 1.11. The standard InChI is InChI=1S/C14H28N2O/c1-10(13(2,3)4)8-12(17)16-14(5,9-15)11-6-7-11/h10-11H,6-9,15H2,1-5H3,(H,16,17). The molecule has 0 spiro atoms. The molecule has 0 aromatic rings. The van der Waals surface area contributed by atoms with Crippen molar-refractivity contribution in [3.63, 3.8) is 0 Å². The van der Waals surface area contributed by atoms with Crippen LogP contribution in [-0.2, 0) is 4.79 Å². The second-order valence-corrected chi connectivity index (χ2v) is 6.92. The number of carbonyl (C=O) groups excluding carboxylic acids is 1. The zero-order chi connectivity index (χ0) is 13.3. The van der Waals surface area contributed by atoms with Crippen molar-refractivity contribution in [3.05, 3.63) is 0 Å². The zero-order valence-corrected chi connectivity index (χ0v) is 12.0. The number of rotatable bonds is 5. The first-order valence-corrected chi connectivity index (χ1v) is 6.70. The van der Waals surface area contributed by atoms with Gasteiger partial charge in [0, 0.05) is 13.0 Å². The highest BCUT2D eigenvalue weighted by Crippen LogP contribution is 2.39. The van der Waals surface area contributed by atoms with Crippen molar-refractivity contribution in [3.8, 4) is 0 Å². The van der Waals surface area contributed by atoms with Crippen LogP contribution in [0.4, 0.5) is 0 Å². The molecular formula is C14H28N2O. The maximum absolute atomic E-state index is 12.0. The molecule has 2 atom stereocenters. The van der Waals surface area contributed by atoms with Crippen molar-refractivity contribution >= 4 is 5.91 Å². The molecule has 0 bridgehead atoms. The molecular weight excluding hydrogens is 212 g/mol. The van der Waals surface area contributed by atoms with Gasteiger partial charge in [-0.1, -0.05) is 27.7 Å². The van der Waals surface area contributed by atoms with E-state index in [4.69, 9.17) is 5.73 Å². The maximum Gasteiger partial charge on any atom is 0.220 e. The van der Waals surface area contributed by atoms with Crippen LogP contribution in [0.5, 0.6) is 0 Å². The van der Waals surface area contributed by atoms with Crippen molar-refractivity contribution in [1.29, 1.82) is 0 Å². The number of nitrogens with one attached hydrogen (secondary N) is 1. The molecule has 1 fully saturated rings. The summed E-state index contributed by atoms with van der Waals surface area (Å²) >= 11 is 0. The van der Waals surface area contributed by atoms with Crippen molar-refractivity contribution in [2.24, 2.45) is 23.0 Å². The van der Waals surface area contributed by atoms with Gasteiger partial charge in [0.1, 0.15) is 0 Å². The van der Waals surface area contributed by atoms with Crippen LogP contribution >= 0.6 is 0 Å². The SMILES string of the molecule is CC(CC(=O)NC(C)(CN)C1CC1)C(C)(C)C. The summed E-state index contributed by atoms with van der Waals surface area (Å²) in [6.07, 6.45) is 2.98. The Bertz CT molecular complexity index is 278. The zero-order valence-electron chi connectivity index (χ0n) is 12.0. The van der Waals surface area contributed by atoms with Gasteiger partial charge in [0.05, 0.1) is 5.54 Å². The number of hydrogen-bond donors (Lipinski definition) is 2. The molecule has 1 aliphatic carbocycles. The van der Waals surface area contributed by atoms with Crippen LogP contribution in [0.3, 0.4) is 0 Å². The van der Waals surface area contributed by atoms with Gasteiger partial charge in [-0.3, -0.25) is 4.79 Å². The Morgan fingerprint density at radius 1 is 1.35 bits per heavy atom. The van der Waals surface area contributed by atoms with Crippen LogP contribution in [-0.4, -0.2) is 18.0 Å². The van der Waals surface area contributed by atoms with E-state index in [1.807, 2.05) is 0 Å². The normalized spacial score (nSPS) is 21.8. The third-order valence-corrected chi connectivity index (χ3v) is 4.30. The molecule has 2 unspecified atom stereocenters. The van der Waals surface area contributed by atoms with E-state index >= 15 is 0 Å². The predicted octanol–water partition coefficient (Wildman–Crippen LogP) is 2.30. The van der Waals surface area contributed by atoms with Crippen LogP contribution < -0.4 is 11.1 Å². The lowest BCUT2D eigenvalue weighted by atomic mass is 9.80. The lowest BCUT2D eigenvalue weighted by Gasteiger charge is -2.32. The predicted molar refractivity (Wildman–Crippen MR) is 71.6 cm³/mol. The molecule has 3 nitrogen and oxygen atoms in total. The highest BCUT2D eigenvalue weighted by molar-refractivity contribution is 5.77. The Morgan fingerprint density at radius 2 is 1.88 bits per heavy atom. The van der Waals surface area contributed by atoms with Gasteiger partial charge in [-0.05, 0) is 37.0 Å². The van der Waals surface area contributed by atoms with Gasteiger partial charge < -0.3 is 11.1 Å². The molecule has 0 aromatic heterocycles. The highest BCUT2D eigenvalue weighted by atomic mass is 16.1. The summed E-state index contributed by atoms with van der Waals surface area (Å²) < 4.78 is 0. The summed E-state index contributed by atoms with van der Waals surface area (Å²) in [6, 6.07) is 0. The topological polar surface area (TPSA) is 55.1 Å². The molecule has 17 heavy (non-hydrogen) atoms. The Morgan fingerprint density at radius 3 is 2.24 bits per heavy atom. The molecule has 1 rings (SSSR count). The van der Waals surface area contributed by atoms with E-state index < -0.39 is 0 Å². The van der Waals surface area contributed by atoms with Crippen LogP contribution in [0.15, 0.2) is 0 Å². The Labute approximate surface area is 106 Å². The monoisotopic (exact) mass is 240 g/mol. The quantitative estimate of drug-likeness (QED) is 0.774. The van der Waals surface area contributed by atoms with E-state index in [9.17, 15) is 4.79 Å². The van der Waals surface area contributed by atoms with Crippen molar-refractivity contribution in [2.45, 2.75) is 59.4 Å². The third kappa shape index (κ3) is 3.98. The molecule has 3 heteroatoms. The minimum Gasteiger partial charge on any atom is -0.349 e.